The van der Waals surface area contributed by atoms with Crippen molar-refractivity contribution in [3.63, 3.8) is 0 Å². The molecule has 2 aromatic carbocycles. The molecule has 1 heterocycles. The Balaban J connectivity index is 2.16. The number of para-hydroxylation sites is 1. The summed E-state index contributed by atoms with van der Waals surface area (Å²) in [7, 11) is 3.48. The summed E-state index contributed by atoms with van der Waals surface area (Å²) in [6, 6.07) is 7.07. The molecule has 0 spiro atoms. The molecule has 0 aromatic heterocycles. The zero-order valence-electron chi connectivity index (χ0n) is 15.0. The summed E-state index contributed by atoms with van der Waals surface area (Å²) in [6.07, 6.45) is 0.789. The lowest BCUT2D eigenvalue weighted by molar-refractivity contribution is -0.118. The molecule has 0 aliphatic carbocycles. The molecule has 2 aromatic rings. The summed E-state index contributed by atoms with van der Waals surface area (Å²) in [5.41, 5.74) is 1.43. The summed E-state index contributed by atoms with van der Waals surface area (Å²) < 4.78 is 0. The van der Waals surface area contributed by atoms with Crippen molar-refractivity contribution in [2.75, 3.05) is 29.2 Å². The highest BCUT2D eigenvalue weighted by atomic mass is 16.2. The van der Waals surface area contributed by atoms with Crippen LogP contribution in [0.5, 0.6) is 0 Å². The standard InChI is InChI=1S/C19H23N3O3/c1-5-11(2)14-19(25)20-13-9-7-6-8-12(13)10-22(14)16-15(21(3)4)17(23)18(16)24/h6-9,11,14H,5,10H2,1-4H3,(H,20,25). The molecule has 6 heteroatoms. The summed E-state index contributed by atoms with van der Waals surface area (Å²) in [6.45, 7) is 4.42. The van der Waals surface area contributed by atoms with Crippen molar-refractivity contribution in [3.05, 3.63) is 50.3 Å². The van der Waals surface area contributed by atoms with Gasteiger partial charge in [-0.1, -0.05) is 38.5 Å². The Bertz CT molecular complexity index is 880. The first-order chi connectivity index (χ1) is 11.9. The van der Waals surface area contributed by atoms with Gasteiger partial charge in [0, 0.05) is 26.3 Å². The van der Waals surface area contributed by atoms with Crippen molar-refractivity contribution >= 4 is 23.0 Å². The summed E-state index contributed by atoms with van der Waals surface area (Å²) >= 11 is 0. The smallest absolute Gasteiger partial charge is 0.253 e. The van der Waals surface area contributed by atoms with E-state index in [1.807, 2.05) is 43.0 Å². The van der Waals surface area contributed by atoms with Crippen LogP contribution in [0.4, 0.5) is 17.1 Å². The average molecular weight is 341 g/mol. The van der Waals surface area contributed by atoms with Gasteiger partial charge in [0.05, 0.1) is 0 Å². The molecule has 6 nitrogen and oxygen atoms in total. The van der Waals surface area contributed by atoms with Crippen LogP contribution in [0.15, 0.2) is 33.9 Å². The van der Waals surface area contributed by atoms with E-state index < -0.39 is 16.9 Å². The summed E-state index contributed by atoms with van der Waals surface area (Å²) in [5, 5.41) is 2.98. The van der Waals surface area contributed by atoms with Gasteiger partial charge in [-0.15, -0.1) is 0 Å². The molecular formula is C19H23N3O3. The number of carbonyl (C=O) groups excluding carboxylic acids is 1. The monoisotopic (exact) mass is 341 g/mol. The van der Waals surface area contributed by atoms with Crippen LogP contribution in [-0.4, -0.2) is 26.0 Å². The van der Waals surface area contributed by atoms with Gasteiger partial charge in [0.1, 0.15) is 17.4 Å². The molecule has 1 aliphatic rings. The second kappa shape index (κ2) is 6.35. The average Bonchev–Trinajstić information content (AvgIpc) is 2.72. The van der Waals surface area contributed by atoms with E-state index in [4.69, 9.17) is 0 Å². The van der Waals surface area contributed by atoms with Gasteiger partial charge in [0.25, 0.3) is 10.9 Å². The molecule has 1 amide bonds. The first kappa shape index (κ1) is 17.2. The van der Waals surface area contributed by atoms with E-state index in [0.29, 0.717) is 17.9 Å². The second-order valence-corrected chi connectivity index (χ2v) is 6.85. The van der Waals surface area contributed by atoms with E-state index in [2.05, 4.69) is 5.32 Å². The van der Waals surface area contributed by atoms with Crippen LogP contribution in [0.2, 0.25) is 0 Å². The molecule has 0 saturated heterocycles. The Labute approximate surface area is 146 Å². The van der Waals surface area contributed by atoms with Crippen molar-refractivity contribution < 1.29 is 4.79 Å². The predicted octanol–water partition coefficient (Wildman–Crippen LogP) is 1.72. The summed E-state index contributed by atoms with van der Waals surface area (Å²) in [5.74, 6) is -0.106. The van der Waals surface area contributed by atoms with E-state index in [9.17, 15) is 14.4 Å². The van der Waals surface area contributed by atoms with E-state index in [1.54, 1.807) is 19.0 Å². The molecule has 1 N–H and O–H groups in total. The largest absolute Gasteiger partial charge is 0.373 e. The van der Waals surface area contributed by atoms with Gasteiger partial charge in [0.15, 0.2) is 0 Å². The minimum Gasteiger partial charge on any atom is -0.373 e. The lowest BCUT2D eigenvalue weighted by Crippen LogP contribution is -2.52. The molecule has 25 heavy (non-hydrogen) atoms. The molecule has 1 aliphatic heterocycles. The third kappa shape index (κ3) is 2.71. The van der Waals surface area contributed by atoms with Gasteiger partial charge in [-0.2, -0.15) is 0 Å². The van der Waals surface area contributed by atoms with E-state index >= 15 is 0 Å². The Hall–Kier alpha value is -2.63. The fourth-order valence-electron chi connectivity index (χ4n) is 3.47. The van der Waals surface area contributed by atoms with Crippen molar-refractivity contribution in [1.29, 1.82) is 0 Å². The van der Waals surface area contributed by atoms with Crippen molar-refractivity contribution in [2.24, 2.45) is 5.92 Å². The molecule has 0 radical (unpaired) electrons. The SMILES string of the molecule is CCC(C)C1C(=O)Nc2ccccc2CN1c1c(N(C)C)c(=O)c1=O. The van der Waals surface area contributed by atoms with Crippen LogP contribution in [0.25, 0.3) is 0 Å². The molecule has 3 rings (SSSR count). The fourth-order valence-corrected chi connectivity index (χ4v) is 3.47. The van der Waals surface area contributed by atoms with Crippen LogP contribution < -0.4 is 26.0 Å². The zero-order valence-corrected chi connectivity index (χ0v) is 15.0. The first-order valence-electron chi connectivity index (χ1n) is 8.52. The fraction of sp³-hybridized carbons (Fsp3) is 0.421. The number of fused-ring (bicyclic) bond motifs is 1. The quantitative estimate of drug-likeness (QED) is 0.858. The van der Waals surface area contributed by atoms with Crippen LogP contribution in [0.1, 0.15) is 25.8 Å². The molecule has 2 atom stereocenters. The number of carbonyl (C=O) groups is 1. The van der Waals surface area contributed by atoms with Crippen LogP contribution in [0, 0.1) is 5.92 Å². The van der Waals surface area contributed by atoms with Gasteiger partial charge in [-0.25, -0.2) is 0 Å². The number of benzene rings is 1. The number of hydrogen-bond acceptors (Lipinski definition) is 5. The molecule has 2 unspecified atom stereocenters. The van der Waals surface area contributed by atoms with Gasteiger partial charge in [-0.3, -0.25) is 14.4 Å². The van der Waals surface area contributed by atoms with E-state index in [1.165, 1.54) is 0 Å². The predicted molar refractivity (Wildman–Crippen MR) is 100 cm³/mol. The maximum Gasteiger partial charge on any atom is 0.253 e. The number of rotatable bonds is 4. The van der Waals surface area contributed by atoms with Crippen molar-refractivity contribution in [1.82, 2.24) is 0 Å². The summed E-state index contributed by atoms with van der Waals surface area (Å²) in [4.78, 5) is 40.8. The number of anilines is 3. The Morgan fingerprint density at radius 1 is 1.20 bits per heavy atom. The highest BCUT2D eigenvalue weighted by Crippen LogP contribution is 2.33. The van der Waals surface area contributed by atoms with Crippen LogP contribution >= 0.6 is 0 Å². The minimum atomic E-state index is -0.510. The van der Waals surface area contributed by atoms with Gasteiger partial charge in [-0.05, 0) is 17.5 Å². The number of nitrogens with one attached hydrogen (secondary N) is 1. The molecule has 0 bridgehead atoms. The molecule has 132 valence electrons. The highest BCUT2D eigenvalue weighted by Gasteiger charge is 2.39. The Morgan fingerprint density at radius 2 is 1.88 bits per heavy atom. The molecular weight excluding hydrogens is 318 g/mol. The van der Waals surface area contributed by atoms with Crippen LogP contribution in [-0.2, 0) is 11.3 Å². The maximum atomic E-state index is 12.9. The van der Waals surface area contributed by atoms with Crippen molar-refractivity contribution in [3.8, 4) is 0 Å². The van der Waals surface area contributed by atoms with Gasteiger partial charge >= 0.3 is 0 Å². The minimum absolute atomic E-state index is 0.0359. The van der Waals surface area contributed by atoms with E-state index in [0.717, 1.165) is 17.7 Å². The zero-order chi connectivity index (χ0) is 18.3. The maximum absolute atomic E-state index is 12.9. The lowest BCUT2D eigenvalue weighted by Gasteiger charge is -2.36. The van der Waals surface area contributed by atoms with Gasteiger partial charge in [0.2, 0.25) is 5.91 Å². The lowest BCUT2D eigenvalue weighted by atomic mass is 9.95. The van der Waals surface area contributed by atoms with Crippen LogP contribution in [0.3, 0.4) is 0 Å². The van der Waals surface area contributed by atoms with Gasteiger partial charge < -0.3 is 15.1 Å². The topological polar surface area (TPSA) is 69.7 Å². The molecule has 0 saturated carbocycles. The normalized spacial score (nSPS) is 18.5. The third-order valence-corrected chi connectivity index (χ3v) is 5.00. The van der Waals surface area contributed by atoms with Crippen molar-refractivity contribution in [2.45, 2.75) is 32.9 Å². The first-order valence-corrected chi connectivity index (χ1v) is 8.52. The number of hydrogen-bond donors (Lipinski definition) is 1. The van der Waals surface area contributed by atoms with E-state index in [-0.39, 0.29) is 11.8 Å². The Kier molecular flexibility index (Phi) is 4.37. The second-order valence-electron chi connectivity index (χ2n) is 6.85. The highest BCUT2D eigenvalue weighted by molar-refractivity contribution is 5.99. The molecule has 0 fully saturated rings. The number of nitrogens with zero attached hydrogens (tertiary/aromatic N) is 2. The number of amides is 1. The Morgan fingerprint density at radius 3 is 2.52 bits per heavy atom. The third-order valence-electron chi connectivity index (χ3n) is 5.00.